The van der Waals surface area contributed by atoms with Crippen LogP contribution in [0.5, 0.6) is 0 Å². The molecule has 0 aromatic rings. The van der Waals surface area contributed by atoms with Gasteiger partial charge in [0.05, 0.1) is 6.23 Å². The van der Waals surface area contributed by atoms with Gasteiger partial charge in [-0.1, -0.05) is 41.1 Å². The van der Waals surface area contributed by atoms with Crippen LogP contribution in [0.15, 0.2) is 23.6 Å². The summed E-state index contributed by atoms with van der Waals surface area (Å²) in [6.45, 7) is 20.1. The Kier molecular flexibility index (Phi) is 23.7. The molecular weight excluding hydrogens is 397 g/mol. The van der Waals surface area contributed by atoms with E-state index >= 15 is 0 Å². The van der Waals surface area contributed by atoms with E-state index in [1.807, 2.05) is 0 Å². The van der Waals surface area contributed by atoms with Crippen molar-refractivity contribution in [2.75, 3.05) is 13.0 Å². The zero-order chi connectivity index (χ0) is 17.4. The van der Waals surface area contributed by atoms with Crippen molar-refractivity contribution in [3.05, 3.63) is 23.6 Å². The minimum absolute atomic E-state index is 0. The van der Waals surface area contributed by atoms with E-state index in [0.29, 0.717) is 11.8 Å². The fourth-order valence-corrected chi connectivity index (χ4v) is 10.0. The third kappa shape index (κ3) is 18.5. The Hall–Kier alpha value is -0.302. The Morgan fingerprint density at radius 2 is 1.50 bits per heavy atom. The zero-order valence-electron chi connectivity index (χ0n) is 14.8. The van der Waals surface area contributed by atoms with Crippen LogP contribution in [0.4, 0.5) is 0 Å². The SMILES string of the molecule is C.C.C.C.C=C(C)C(=O)OCOC[SiH2]O[Si](C)(C)C(=C)[SiH2]O[Si](C)(C)C.[HH]. The van der Waals surface area contributed by atoms with Gasteiger partial charge < -0.3 is 17.7 Å². The lowest BCUT2D eigenvalue weighted by molar-refractivity contribution is -0.150. The minimum atomic E-state index is -1.88. The van der Waals surface area contributed by atoms with Crippen molar-refractivity contribution in [1.29, 1.82) is 0 Å². The summed E-state index contributed by atoms with van der Waals surface area (Å²) in [5.74, 6) is -0.430. The van der Waals surface area contributed by atoms with E-state index in [1.165, 1.54) is 4.82 Å². The molecule has 0 bridgehead atoms. The van der Waals surface area contributed by atoms with Crippen molar-refractivity contribution in [3.8, 4) is 0 Å². The Labute approximate surface area is 172 Å². The smallest absolute Gasteiger partial charge is 0.335 e. The molecule has 0 amide bonds. The normalized spacial score (nSPS) is 11.2. The van der Waals surface area contributed by atoms with Crippen LogP contribution in [-0.2, 0) is 22.5 Å². The van der Waals surface area contributed by atoms with E-state index in [1.54, 1.807) is 6.92 Å². The Balaban J connectivity index is -0.000000220. The predicted octanol–water partition coefficient (Wildman–Crippen LogP) is 4.12. The molecule has 0 aromatic carbocycles. The fraction of sp³-hybridized carbons (Fsp3) is 0.706. The van der Waals surface area contributed by atoms with Crippen molar-refractivity contribution in [1.82, 2.24) is 0 Å². The van der Waals surface area contributed by atoms with E-state index in [9.17, 15) is 4.79 Å². The number of esters is 1. The summed E-state index contributed by atoms with van der Waals surface area (Å²) in [6.07, 6.45) is 0.517. The quantitative estimate of drug-likeness (QED) is 0.158. The van der Waals surface area contributed by atoms with Gasteiger partial charge in [0.25, 0.3) is 0 Å². The first-order valence-electron chi connectivity index (χ1n) is 7.32. The molecule has 0 aliphatic carbocycles. The number of rotatable bonds is 11. The van der Waals surface area contributed by atoms with Crippen LogP contribution in [0, 0.1) is 0 Å². The molecule has 0 aliphatic rings. The highest BCUT2D eigenvalue weighted by Gasteiger charge is 2.27. The van der Waals surface area contributed by atoms with Crippen molar-refractivity contribution in [2.45, 2.75) is 69.4 Å². The zero-order valence-corrected chi connectivity index (χ0v) is 19.6. The van der Waals surface area contributed by atoms with Gasteiger partial charge in [0.2, 0.25) is 0 Å². The van der Waals surface area contributed by atoms with Crippen LogP contribution in [0.3, 0.4) is 0 Å². The second-order valence-electron chi connectivity index (χ2n) is 6.60. The van der Waals surface area contributed by atoms with Crippen molar-refractivity contribution in [2.24, 2.45) is 0 Å². The Bertz CT molecular complexity index is 413. The van der Waals surface area contributed by atoms with Gasteiger partial charge in [0.1, 0.15) is 0 Å². The van der Waals surface area contributed by atoms with Crippen LogP contribution >= 0.6 is 0 Å². The van der Waals surface area contributed by atoms with Crippen molar-refractivity contribution < 1.29 is 23.9 Å². The van der Waals surface area contributed by atoms with Gasteiger partial charge in [0, 0.05) is 7.00 Å². The molecule has 9 heteroatoms. The largest absolute Gasteiger partial charge is 0.457 e. The summed E-state index contributed by atoms with van der Waals surface area (Å²) < 4.78 is 22.2. The molecule has 0 rings (SSSR count). The summed E-state index contributed by atoms with van der Waals surface area (Å²) >= 11 is 0. The van der Waals surface area contributed by atoms with Gasteiger partial charge in [0.15, 0.2) is 43.0 Å². The maximum atomic E-state index is 11.1. The number of hydrogen-bond donors (Lipinski definition) is 0. The van der Waals surface area contributed by atoms with Gasteiger partial charge in [-0.15, -0.1) is 6.58 Å². The van der Waals surface area contributed by atoms with Crippen molar-refractivity contribution in [3.63, 3.8) is 0 Å². The molecule has 0 radical (unpaired) electrons. The molecule has 0 aromatic heterocycles. The first kappa shape index (κ1) is 36.6. The monoisotopic (exact) mass is 444 g/mol. The van der Waals surface area contributed by atoms with Gasteiger partial charge in [-0.05, 0) is 39.7 Å². The van der Waals surface area contributed by atoms with Gasteiger partial charge in [-0.25, -0.2) is 4.79 Å². The topological polar surface area (TPSA) is 54.0 Å². The molecule has 26 heavy (non-hydrogen) atoms. The number of carbonyl (C=O) groups excluding carboxylic acids is 1. The summed E-state index contributed by atoms with van der Waals surface area (Å²) in [4.78, 5) is 12.3. The van der Waals surface area contributed by atoms with Crippen molar-refractivity contribution >= 4 is 42.1 Å². The molecule has 0 atom stereocenters. The van der Waals surface area contributed by atoms with Crippen LogP contribution in [0.2, 0.25) is 32.7 Å². The molecular formula is C17H48O5Si4. The van der Waals surface area contributed by atoms with E-state index in [2.05, 4.69) is 45.9 Å². The Morgan fingerprint density at radius 3 is 1.92 bits per heavy atom. The highest BCUT2D eigenvalue weighted by molar-refractivity contribution is 6.92. The Morgan fingerprint density at radius 1 is 1.00 bits per heavy atom. The lowest BCUT2D eigenvalue weighted by Crippen LogP contribution is -2.41. The molecule has 162 valence electrons. The van der Waals surface area contributed by atoms with Crippen LogP contribution in [0.1, 0.15) is 38.1 Å². The third-order valence-electron chi connectivity index (χ3n) is 2.84. The van der Waals surface area contributed by atoms with Gasteiger partial charge in [-0.3, -0.25) is 0 Å². The van der Waals surface area contributed by atoms with Crippen LogP contribution < -0.4 is 0 Å². The average Bonchev–Trinajstić information content (AvgIpc) is 2.38. The molecule has 5 nitrogen and oxygen atoms in total. The summed E-state index contributed by atoms with van der Waals surface area (Å²) in [7, 11) is -4.89. The lowest BCUT2D eigenvalue weighted by Gasteiger charge is -2.28. The van der Waals surface area contributed by atoms with E-state index < -0.39 is 42.1 Å². The third-order valence-corrected chi connectivity index (χ3v) is 16.1. The summed E-state index contributed by atoms with van der Waals surface area (Å²) in [5, 5.41) is 0. The molecule has 0 saturated heterocycles. The molecule has 0 aliphatic heterocycles. The predicted molar refractivity (Wildman–Crippen MR) is 130 cm³/mol. The first-order valence-corrected chi connectivity index (χ1v) is 16.5. The number of ether oxygens (including phenoxy) is 2. The lowest BCUT2D eigenvalue weighted by atomic mass is 10.4. The second-order valence-corrected chi connectivity index (χ2v) is 19.5. The van der Waals surface area contributed by atoms with Gasteiger partial charge >= 0.3 is 5.97 Å². The van der Waals surface area contributed by atoms with Crippen LogP contribution in [0.25, 0.3) is 0 Å². The first-order chi connectivity index (χ1) is 9.96. The average molecular weight is 445 g/mol. The van der Waals surface area contributed by atoms with Gasteiger partial charge in [-0.2, -0.15) is 0 Å². The van der Waals surface area contributed by atoms with E-state index in [0.717, 1.165) is 0 Å². The molecule has 0 N–H and O–H groups in total. The second kappa shape index (κ2) is 16.8. The standard InChI is InChI=1S/C13H30O5Si4.4CH4.H2/c1-11(2)13(14)16-9-15-10-19-17-22(7,8)12(3)20-18-21(4,5)6;;;;;/h1,3,9-10,19-20H2,2,4-8H3;4*1H4;1H. The summed E-state index contributed by atoms with van der Waals surface area (Å²) in [5.41, 5.74) is 0.370. The highest BCUT2D eigenvalue weighted by Crippen LogP contribution is 2.15. The molecule has 0 saturated carbocycles. The molecule has 0 unspecified atom stereocenters. The van der Waals surface area contributed by atoms with E-state index in [4.69, 9.17) is 17.7 Å². The van der Waals surface area contributed by atoms with E-state index in [-0.39, 0.29) is 37.9 Å². The molecule has 0 heterocycles. The minimum Gasteiger partial charge on any atom is -0.457 e. The maximum Gasteiger partial charge on any atom is 0.335 e. The summed E-state index contributed by atoms with van der Waals surface area (Å²) in [6, 6.07) is 0. The highest BCUT2D eigenvalue weighted by atomic mass is 28.4. The number of hydrogen-bond acceptors (Lipinski definition) is 5. The molecule has 0 spiro atoms. The van der Waals surface area contributed by atoms with Crippen LogP contribution in [-0.4, -0.2) is 55.2 Å². The maximum absolute atomic E-state index is 11.1. The molecule has 0 fully saturated rings. The fourth-order valence-electron chi connectivity index (χ4n) is 1.21. The number of carbonyl (C=O) groups is 1.